The second-order valence-corrected chi connectivity index (χ2v) is 6.39. The van der Waals surface area contributed by atoms with Crippen molar-refractivity contribution in [3.05, 3.63) is 70.0 Å². The van der Waals surface area contributed by atoms with Crippen molar-refractivity contribution in [2.24, 2.45) is 0 Å². The number of hydrogen-bond acceptors (Lipinski definition) is 5. The van der Waals surface area contributed by atoms with Crippen LogP contribution in [0.15, 0.2) is 56.3 Å². The predicted octanol–water partition coefficient (Wildman–Crippen LogP) is 2.49. The SMILES string of the molecule is CN(C)CCN1C(=O)c2oc3ccccc3c(=O)c2[C@H]1c1ccco1. The van der Waals surface area contributed by atoms with Gasteiger partial charge in [0.15, 0.2) is 5.43 Å². The molecule has 0 radical (unpaired) electrons. The number of furan rings is 1. The van der Waals surface area contributed by atoms with Gasteiger partial charge in [0.05, 0.1) is 17.2 Å². The summed E-state index contributed by atoms with van der Waals surface area (Å²) in [6.45, 7) is 1.14. The molecule has 128 valence electrons. The minimum Gasteiger partial charge on any atom is -0.467 e. The van der Waals surface area contributed by atoms with E-state index in [2.05, 4.69) is 0 Å². The number of carbonyl (C=O) groups excluding carboxylic acids is 1. The third kappa shape index (κ3) is 2.46. The summed E-state index contributed by atoms with van der Waals surface area (Å²) in [5.74, 6) is 0.401. The molecule has 0 saturated heterocycles. The largest absolute Gasteiger partial charge is 0.467 e. The zero-order valence-electron chi connectivity index (χ0n) is 14.1. The third-order valence-corrected chi connectivity index (χ3v) is 4.47. The summed E-state index contributed by atoms with van der Waals surface area (Å²) in [6, 6.07) is 9.97. The fourth-order valence-electron chi connectivity index (χ4n) is 3.25. The van der Waals surface area contributed by atoms with E-state index in [9.17, 15) is 9.59 Å². The molecule has 3 aromatic rings. The maximum absolute atomic E-state index is 13.1. The van der Waals surface area contributed by atoms with E-state index >= 15 is 0 Å². The Labute approximate surface area is 144 Å². The maximum Gasteiger partial charge on any atom is 0.291 e. The van der Waals surface area contributed by atoms with Crippen LogP contribution in [-0.4, -0.2) is 42.9 Å². The Kier molecular flexibility index (Phi) is 3.69. The van der Waals surface area contributed by atoms with Crippen LogP contribution < -0.4 is 5.43 Å². The van der Waals surface area contributed by atoms with Gasteiger partial charge in [0, 0.05) is 13.1 Å². The number of carbonyl (C=O) groups is 1. The van der Waals surface area contributed by atoms with Gasteiger partial charge in [-0.1, -0.05) is 12.1 Å². The van der Waals surface area contributed by atoms with Crippen LogP contribution in [-0.2, 0) is 0 Å². The Morgan fingerprint density at radius 1 is 1.12 bits per heavy atom. The molecule has 0 fully saturated rings. The number of nitrogens with zero attached hydrogens (tertiary/aromatic N) is 2. The first kappa shape index (κ1) is 15.7. The highest BCUT2D eigenvalue weighted by Crippen LogP contribution is 2.37. The van der Waals surface area contributed by atoms with E-state index in [1.807, 2.05) is 19.0 Å². The van der Waals surface area contributed by atoms with Crippen molar-refractivity contribution in [1.82, 2.24) is 9.80 Å². The second kappa shape index (κ2) is 5.89. The lowest BCUT2D eigenvalue weighted by atomic mass is 10.0. The molecule has 0 bridgehead atoms. The molecule has 0 N–H and O–H groups in total. The van der Waals surface area contributed by atoms with Gasteiger partial charge in [-0.05, 0) is 38.4 Å². The number of hydrogen-bond donors (Lipinski definition) is 0. The monoisotopic (exact) mass is 338 g/mol. The lowest BCUT2D eigenvalue weighted by Crippen LogP contribution is -2.35. The Balaban J connectivity index is 1.92. The molecular weight excluding hydrogens is 320 g/mol. The van der Waals surface area contributed by atoms with Crippen LogP contribution in [0.3, 0.4) is 0 Å². The van der Waals surface area contributed by atoms with Crippen LogP contribution in [0.5, 0.6) is 0 Å². The van der Waals surface area contributed by atoms with E-state index in [-0.39, 0.29) is 17.1 Å². The lowest BCUT2D eigenvalue weighted by Gasteiger charge is -2.24. The molecule has 6 heteroatoms. The number of para-hydroxylation sites is 1. The topological polar surface area (TPSA) is 66.9 Å². The highest BCUT2D eigenvalue weighted by Gasteiger charge is 2.43. The molecule has 1 aromatic carbocycles. The minimum atomic E-state index is -0.557. The van der Waals surface area contributed by atoms with Crippen LogP contribution in [0.1, 0.15) is 27.9 Å². The van der Waals surface area contributed by atoms with Crippen molar-refractivity contribution >= 4 is 16.9 Å². The summed E-state index contributed by atoms with van der Waals surface area (Å²) < 4.78 is 11.4. The van der Waals surface area contributed by atoms with E-state index in [4.69, 9.17) is 8.83 Å². The zero-order chi connectivity index (χ0) is 17.6. The van der Waals surface area contributed by atoms with Crippen molar-refractivity contribution in [3.63, 3.8) is 0 Å². The van der Waals surface area contributed by atoms with E-state index in [1.54, 1.807) is 47.6 Å². The molecule has 1 amide bonds. The van der Waals surface area contributed by atoms with Gasteiger partial charge in [0.2, 0.25) is 5.76 Å². The lowest BCUT2D eigenvalue weighted by molar-refractivity contribution is 0.0702. The Morgan fingerprint density at radius 2 is 1.92 bits per heavy atom. The first-order valence-corrected chi connectivity index (χ1v) is 8.13. The van der Waals surface area contributed by atoms with Crippen LogP contribution in [0, 0.1) is 0 Å². The van der Waals surface area contributed by atoms with Gasteiger partial charge in [-0.15, -0.1) is 0 Å². The van der Waals surface area contributed by atoms with Gasteiger partial charge in [0.1, 0.15) is 17.4 Å². The predicted molar refractivity (Wildman–Crippen MR) is 92.6 cm³/mol. The van der Waals surface area contributed by atoms with Gasteiger partial charge in [-0.3, -0.25) is 9.59 Å². The summed E-state index contributed by atoms with van der Waals surface area (Å²) in [4.78, 5) is 29.6. The number of benzene rings is 1. The second-order valence-electron chi connectivity index (χ2n) is 6.39. The number of rotatable bonds is 4. The molecule has 1 aliphatic heterocycles. The summed E-state index contributed by atoms with van der Waals surface area (Å²) in [6.07, 6.45) is 1.55. The quantitative estimate of drug-likeness (QED) is 0.731. The highest BCUT2D eigenvalue weighted by molar-refractivity contribution is 5.98. The molecule has 1 atom stereocenters. The average molecular weight is 338 g/mol. The van der Waals surface area contributed by atoms with E-state index in [0.717, 1.165) is 0 Å². The van der Waals surface area contributed by atoms with Crippen molar-refractivity contribution in [3.8, 4) is 0 Å². The average Bonchev–Trinajstić information content (AvgIpc) is 3.21. The van der Waals surface area contributed by atoms with Crippen molar-refractivity contribution in [2.75, 3.05) is 27.2 Å². The van der Waals surface area contributed by atoms with Gasteiger partial charge < -0.3 is 18.6 Å². The normalized spacial score (nSPS) is 16.8. The maximum atomic E-state index is 13.1. The van der Waals surface area contributed by atoms with E-state index < -0.39 is 6.04 Å². The first-order valence-electron chi connectivity index (χ1n) is 8.13. The third-order valence-electron chi connectivity index (χ3n) is 4.47. The van der Waals surface area contributed by atoms with Gasteiger partial charge in [-0.25, -0.2) is 0 Å². The van der Waals surface area contributed by atoms with E-state index in [0.29, 0.717) is 35.4 Å². The standard InChI is InChI=1S/C19H18N2O4/c1-20(2)9-10-21-16(14-8-5-11-24-14)15-17(22)12-6-3-4-7-13(12)25-18(15)19(21)23/h3-8,11,16H,9-10H2,1-2H3/t16-/m1/s1. The molecule has 1 aliphatic rings. The van der Waals surface area contributed by atoms with Crippen LogP contribution in [0.4, 0.5) is 0 Å². The van der Waals surface area contributed by atoms with Crippen LogP contribution >= 0.6 is 0 Å². The number of fused-ring (bicyclic) bond motifs is 2. The summed E-state index contributed by atoms with van der Waals surface area (Å²) in [5.41, 5.74) is 0.601. The van der Waals surface area contributed by atoms with Gasteiger partial charge in [-0.2, -0.15) is 0 Å². The molecule has 0 spiro atoms. The van der Waals surface area contributed by atoms with Crippen LogP contribution in [0.25, 0.3) is 11.0 Å². The summed E-state index contributed by atoms with van der Waals surface area (Å²) in [5, 5.41) is 0.472. The molecule has 3 heterocycles. The summed E-state index contributed by atoms with van der Waals surface area (Å²) >= 11 is 0. The van der Waals surface area contributed by atoms with Crippen molar-refractivity contribution < 1.29 is 13.6 Å². The first-order chi connectivity index (χ1) is 12.1. The minimum absolute atomic E-state index is 0.115. The van der Waals surface area contributed by atoms with E-state index in [1.165, 1.54) is 0 Å². The molecule has 25 heavy (non-hydrogen) atoms. The molecule has 0 aliphatic carbocycles. The number of amides is 1. The molecule has 6 nitrogen and oxygen atoms in total. The molecule has 0 saturated carbocycles. The zero-order valence-corrected chi connectivity index (χ0v) is 14.1. The van der Waals surface area contributed by atoms with Gasteiger partial charge in [0.25, 0.3) is 5.91 Å². The van der Waals surface area contributed by atoms with Gasteiger partial charge >= 0.3 is 0 Å². The van der Waals surface area contributed by atoms with Crippen molar-refractivity contribution in [1.29, 1.82) is 0 Å². The Hall–Kier alpha value is -2.86. The molecule has 2 aromatic heterocycles. The smallest absolute Gasteiger partial charge is 0.291 e. The Bertz CT molecular complexity index is 988. The fourth-order valence-corrected chi connectivity index (χ4v) is 3.25. The fraction of sp³-hybridized carbons (Fsp3) is 0.263. The molecule has 0 unspecified atom stereocenters. The molecular formula is C19H18N2O4. The molecule has 4 rings (SSSR count). The van der Waals surface area contributed by atoms with Crippen LogP contribution in [0.2, 0.25) is 0 Å². The number of likely N-dealkylation sites (N-methyl/N-ethyl adjacent to an activating group) is 1. The Morgan fingerprint density at radius 3 is 2.64 bits per heavy atom. The van der Waals surface area contributed by atoms with Crippen molar-refractivity contribution in [2.45, 2.75) is 6.04 Å². The summed E-state index contributed by atoms with van der Waals surface area (Å²) in [7, 11) is 3.88. The highest BCUT2D eigenvalue weighted by atomic mass is 16.4.